The van der Waals surface area contributed by atoms with Gasteiger partial charge in [-0.3, -0.25) is 0 Å². The van der Waals surface area contributed by atoms with Crippen molar-refractivity contribution in [1.82, 2.24) is 9.71 Å². The molecule has 2 aliphatic carbocycles. The van der Waals surface area contributed by atoms with Crippen molar-refractivity contribution in [2.45, 2.75) is 36.6 Å². The number of nitrogens with zero attached hydrogens (tertiary/aromatic N) is 1. The zero-order chi connectivity index (χ0) is 12.8. The van der Waals surface area contributed by atoms with Crippen molar-refractivity contribution in [1.29, 1.82) is 0 Å². The molecule has 4 nitrogen and oxygen atoms in total. The molecule has 3 rings (SSSR count). The molecule has 1 aromatic rings. The molecule has 1 heterocycles. The molecule has 0 spiro atoms. The molecule has 2 bridgehead atoms. The van der Waals surface area contributed by atoms with Gasteiger partial charge in [-0.05, 0) is 43.2 Å². The zero-order valence-corrected chi connectivity index (χ0v) is 11.4. The second-order valence-electron chi connectivity index (χ2n) is 5.22. The molecule has 1 aromatic heterocycles. The predicted molar refractivity (Wildman–Crippen MR) is 68.8 cm³/mol. The maximum atomic E-state index is 12.2. The Morgan fingerprint density at radius 3 is 2.78 bits per heavy atom. The summed E-state index contributed by atoms with van der Waals surface area (Å²) in [6, 6.07) is 2.96. The highest BCUT2D eigenvalue weighted by atomic mass is 35.5. The molecule has 0 aromatic carbocycles. The molecule has 2 saturated carbocycles. The van der Waals surface area contributed by atoms with Crippen LogP contribution in [0.3, 0.4) is 0 Å². The Labute approximate surface area is 112 Å². The third kappa shape index (κ3) is 2.27. The second kappa shape index (κ2) is 4.47. The van der Waals surface area contributed by atoms with Gasteiger partial charge in [-0.15, -0.1) is 0 Å². The molecule has 3 atom stereocenters. The summed E-state index contributed by atoms with van der Waals surface area (Å²) in [4.78, 5) is 4.00. The number of hydrogen-bond donors (Lipinski definition) is 1. The van der Waals surface area contributed by atoms with Crippen molar-refractivity contribution in [2.24, 2.45) is 11.8 Å². The highest BCUT2D eigenvalue weighted by Crippen LogP contribution is 2.44. The van der Waals surface area contributed by atoms with E-state index in [1.165, 1.54) is 31.2 Å². The summed E-state index contributed by atoms with van der Waals surface area (Å²) in [6.45, 7) is 0. The van der Waals surface area contributed by atoms with E-state index in [2.05, 4.69) is 9.71 Å². The topological polar surface area (TPSA) is 59.1 Å². The molecular weight excluding hydrogens is 272 g/mol. The van der Waals surface area contributed by atoms with Gasteiger partial charge < -0.3 is 0 Å². The number of halogens is 1. The van der Waals surface area contributed by atoms with E-state index >= 15 is 0 Å². The Morgan fingerprint density at radius 1 is 1.33 bits per heavy atom. The Balaban J connectivity index is 1.79. The number of sulfonamides is 1. The molecular formula is C12H15ClN2O2S. The van der Waals surface area contributed by atoms with Crippen LogP contribution in [0.2, 0.25) is 5.15 Å². The van der Waals surface area contributed by atoms with E-state index in [-0.39, 0.29) is 16.1 Å². The molecule has 0 amide bonds. The maximum absolute atomic E-state index is 12.2. The first-order valence-electron chi connectivity index (χ1n) is 6.18. The van der Waals surface area contributed by atoms with Crippen LogP contribution in [-0.4, -0.2) is 19.4 Å². The lowest BCUT2D eigenvalue weighted by atomic mass is 9.96. The minimum absolute atomic E-state index is 0.0979. The number of rotatable bonds is 3. The average molecular weight is 287 g/mol. The molecule has 0 aliphatic heterocycles. The maximum Gasteiger partial charge on any atom is 0.240 e. The van der Waals surface area contributed by atoms with Crippen LogP contribution < -0.4 is 4.72 Å². The molecule has 98 valence electrons. The lowest BCUT2D eigenvalue weighted by molar-refractivity contribution is 0.390. The van der Waals surface area contributed by atoms with Crippen LogP contribution in [0.15, 0.2) is 23.2 Å². The fraction of sp³-hybridized carbons (Fsp3) is 0.583. The van der Waals surface area contributed by atoms with Gasteiger partial charge >= 0.3 is 0 Å². The Bertz CT molecular complexity index is 561. The van der Waals surface area contributed by atoms with Gasteiger partial charge in [-0.25, -0.2) is 18.1 Å². The van der Waals surface area contributed by atoms with E-state index in [1.54, 1.807) is 0 Å². The molecule has 0 saturated heterocycles. The van der Waals surface area contributed by atoms with Crippen molar-refractivity contribution in [2.75, 3.05) is 0 Å². The highest BCUT2D eigenvalue weighted by Gasteiger charge is 2.41. The number of nitrogens with one attached hydrogen (secondary N) is 1. The summed E-state index contributed by atoms with van der Waals surface area (Å²) in [5.74, 6) is 1.23. The van der Waals surface area contributed by atoms with E-state index in [0.29, 0.717) is 11.8 Å². The van der Waals surface area contributed by atoms with E-state index in [1.807, 2.05) is 0 Å². The lowest BCUT2D eigenvalue weighted by Crippen LogP contribution is -2.38. The van der Waals surface area contributed by atoms with Crippen molar-refractivity contribution in [3.8, 4) is 0 Å². The Kier molecular flexibility index (Phi) is 3.08. The van der Waals surface area contributed by atoms with Crippen LogP contribution in [0.1, 0.15) is 25.7 Å². The van der Waals surface area contributed by atoms with E-state index in [9.17, 15) is 8.42 Å². The van der Waals surface area contributed by atoms with Gasteiger partial charge in [0.1, 0.15) is 5.15 Å². The smallest absolute Gasteiger partial charge is 0.240 e. The van der Waals surface area contributed by atoms with Gasteiger partial charge in [0.25, 0.3) is 0 Å². The van der Waals surface area contributed by atoms with Crippen molar-refractivity contribution < 1.29 is 8.42 Å². The van der Waals surface area contributed by atoms with Gasteiger partial charge in [0, 0.05) is 12.2 Å². The fourth-order valence-electron chi connectivity index (χ4n) is 3.21. The number of fused-ring (bicyclic) bond motifs is 2. The number of aromatic nitrogens is 1. The van der Waals surface area contributed by atoms with Crippen LogP contribution in [0, 0.1) is 11.8 Å². The molecule has 1 N–H and O–H groups in total. The fourth-order valence-corrected chi connectivity index (χ4v) is 4.78. The first-order valence-corrected chi connectivity index (χ1v) is 8.04. The summed E-state index contributed by atoms with van der Waals surface area (Å²) < 4.78 is 27.3. The molecule has 0 radical (unpaired) electrons. The van der Waals surface area contributed by atoms with Crippen molar-refractivity contribution in [3.05, 3.63) is 23.5 Å². The molecule has 3 unspecified atom stereocenters. The zero-order valence-electron chi connectivity index (χ0n) is 9.84. The van der Waals surface area contributed by atoms with E-state index in [0.717, 1.165) is 12.8 Å². The van der Waals surface area contributed by atoms with Gasteiger partial charge in [-0.1, -0.05) is 18.0 Å². The third-order valence-electron chi connectivity index (χ3n) is 4.05. The van der Waals surface area contributed by atoms with Crippen LogP contribution >= 0.6 is 11.6 Å². The Morgan fingerprint density at radius 2 is 2.17 bits per heavy atom. The van der Waals surface area contributed by atoms with Crippen LogP contribution in [0.5, 0.6) is 0 Å². The average Bonchev–Trinajstić information content (AvgIpc) is 2.90. The molecule has 2 fully saturated rings. The van der Waals surface area contributed by atoms with Crippen molar-refractivity contribution in [3.63, 3.8) is 0 Å². The van der Waals surface area contributed by atoms with Gasteiger partial charge in [0.15, 0.2) is 0 Å². The normalized spacial score (nSPS) is 30.8. The van der Waals surface area contributed by atoms with Crippen LogP contribution in [-0.2, 0) is 10.0 Å². The molecule has 2 aliphatic rings. The van der Waals surface area contributed by atoms with Gasteiger partial charge in [-0.2, -0.15) is 0 Å². The van der Waals surface area contributed by atoms with Gasteiger partial charge in [0.05, 0.1) is 4.90 Å². The minimum Gasteiger partial charge on any atom is -0.244 e. The monoisotopic (exact) mass is 286 g/mol. The summed E-state index contributed by atoms with van der Waals surface area (Å²) in [5, 5.41) is 0.200. The number of pyridine rings is 1. The standard InChI is InChI=1S/C12H15ClN2O2S/c13-12-7-10(3-4-14-12)18(16,17)15-11-6-8-1-2-9(11)5-8/h3-4,7-9,11,15H,1-2,5-6H2. The highest BCUT2D eigenvalue weighted by molar-refractivity contribution is 7.89. The van der Waals surface area contributed by atoms with Crippen molar-refractivity contribution >= 4 is 21.6 Å². The summed E-state index contributed by atoms with van der Waals surface area (Å²) in [5.41, 5.74) is 0. The predicted octanol–water partition coefficient (Wildman–Crippen LogP) is 2.20. The summed E-state index contributed by atoms with van der Waals surface area (Å²) in [7, 11) is -3.46. The quantitative estimate of drug-likeness (QED) is 0.867. The first-order chi connectivity index (χ1) is 8.54. The van der Waals surface area contributed by atoms with E-state index in [4.69, 9.17) is 11.6 Å². The SMILES string of the molecule is O=S(=O)(NC1CC2CCC1C2)c1ccnc(Cl)c1. The second-order valence-corrected chi connectivity index (χ2v) is 7.32. The largest absolute Gasteiger partial charge is 0.244 e. The number of hydrogen-bond acceptors (Lipinski definition) is 3. The summed E-state index contributed by atoms with van der Waals surface area (Å²) >= 11 is 5.73. The lowest BCUT2D eigenvalue weighted by Gasteiger charge is -2.22. The molecule has 6 heteroatoms. The van der Waals surface area contributed by atoms with Gasteiger partial charge in [0.2, 0.25) is 10.0 Å². The summed E-state index contributed by atoms with van der Waals surface area (Å²) in [6.07, 6.45) is 5.96. The first kappa shape index (κ1) is 12.4. The molecule has 18 heavy (non-hydrogen) atoms. The van der Waals surface area contributed by atoms with E-state index < -0.39 is 10.0 Å². The third-order valence-corrected chi connectivity index (χ3v) is 5.75. The van der Waals surface area contributed by atoms with Crippen LogP contribution in [0.25, 0.3) is 0 Å². The van der Waals surface area contributed by atoms with Crippen LogP contribution in [0.4, 0.5) is 0 Å². The Hall–Kier alpha value is -0.650. The minimum atomic E-state index is -3.46.